The molecule has 1 saturated heterocycles. The van der Waals surface area contributed by atoms with Gasteiger partial charge < -0.3 is 14.4 Å². The van der Waals surface area contributed by atoms with Gasteiger partial charge in [-0.15, -0.1) is 23.1 Å². The minimum atomic E-state index is -0.416. The van der Waals surface area contributed by atoms with Crippen LogP contribution in [0.4, 0.5) is 0 Å². The number of thiazole rings is 1. The van der Waals surface area contributed by atoms with E-state index in [4.69, 9.17) is 9.47 Å². The average Bonchev–Trinajstić information content (AvgIpc) is 3.54. The van der Waals surface area contributed by atoms with Crippen LogP contribution in [0.1, 0.15) is 28.9 Å². The largest absolute Gasteiger partial charge is 0.497 e. The van der Waals surface area contributed by atoms with Crippen LogP contribution in [0.3, 0.4) is 0 Å². The van der Waals surface area contributed by atoms with E-state index >= 15 is 0 Å². The minimum Gasteiger partial charge on any atom is -0.497 e. The van der Waals surface area contributed by atoms with E-state index in [1.165, 1.54) is 23.1 Å². The molecule has 32 heavy (non-hydrogen) atoms. The summed E-state index contributed by atoms with van der Waals surface area (Å²) in [4.78, 5) is 32.3. The van der Waals surface area contributed by atoms with Gasteiger partial charge in [-0.25, -0.2) is 9.78 Å². The molecule has 0 unspecified atom stereocenters. The van der Waals surface area contributed by atoms with Gasteiger partial charge in [0.15, 0.2) is 0 Å². The number of nitrogens with zero attached hydrogens (tertiary/aromatic N) is 2. The highest BCUT2D eigenvalue weighted by Crippen LogP contribution is 2.27. The summed E-state index contributed by atoms with van der Waals surface area (Å²) in [5.74, 6) is 0.810. The highest BCUT2D eigenvalue weighted by molar-refractivity contribution is 8.00. The molecule has 1 amide bonds. The summed E-state index contributed by atoms with van der Waals surface area (Å²) in [6.07, 6.45) is 2.13. The second-order valence-electron chi connectivity index (χ2n) is 7.32. The van der Waals surface area contributed by atoms with Crippen molar-refractivity contribution in [1.82, 2.24) is 9.88 Å². The zero-order valence-electron chi connectivity index (χ0n) is 17.8. The zero-order chi connectivity index (χ0) is 22.3. The molecular weight excluding hydrogens is 444 g/mol. The van der Waals surface area contributed by atoms with Crippen molar-refractivity contribution in [3.05, 3.63) is 65.2 Å². The van der Waals surface area contributed by atoms with Gasteiger partial charge in [-0.2, -0.15) is 0 Å². The Labute approximate surface area is 195 Å². The highest BCUT2D eigenvalue weighted by Gasteiger charge is 2.20. The fourth-order valence-corrected chi connectivity index (χ4v) is 5.17. The van der Waals surface area contributed by atoms with E-state index in [9.17, 15) is 9.59 Å². The van der Waals surface area contributed by atoms with Gasteiger partial charge in [-0.05, 0) is 49.2 Å². The van der Waals surface area contributed by atoms with Gasteiger partial charge in [0.05, 0.1) is 24.1 Å². The Morgan fingerprint density at radius 3 is 2.59 bits per heavy atom. The molecule has 0 radical (unpaired) electrons. The quantitative estimate of drug-likeness (QED) is 0.346. The number of rotatable bonds is 8. The number of hydrogen-bond donors (Lipinski definition) is 0. The summed E-state index contributed by atoms with van der Waals surface area (Å²) in [7, 11) is 1.63. The molecule has 1 aliphatic heterocycles. The van der Waals surface area contributed by atoms with Gasteiger partial charge in [0.25, 0.3) is 0 Å². The first-order chi connectivity index (χ1) is 15.6. The SMILES string of the molecule is COc1ccc(-c2nc(COC(=O)c3ccccc3SCC(=O)N3CCCC3)cs2)cc1. The number of aromatic nitrogens is 1. The van der Waals surface area contributed by atoms with E-state index in [0.717, 1.165) is 47.1 Å². The molecule has 0 atom stereocenters. The monoisotopic (exact) mass is 468 g/mol. The van der Waals surface area contributed by atoms with Crippen molar-refractivity contribution in [2.24, 2.45) is 0 Å². The van der Waals surface area contributed by atoms with Crippen molar-refractivity contribution in [2.75, 3.05) is 26.0 Å². The molecule has 8 heteroatoms. The number of hydrogen-bond acceptors (Lipinski definition) is 7. The second kappa shape index (κ2) is 10.7. The Hall–Kier alpha value is -2.84. The lowest BCUT2D eigenvalue weighted by Crippen LogP contribution is -2.29. The molecule has 4 rings (SSSR count). The Bertz CT molecular complexity index is 1080. The van der Waals surface area contributed by atoms with Crippen LogP contribution in [0.5, 0.6) is 5.75 Å². The van der Waals surface area contributed by atoms with E-state index < -0.39 is 5.97 Å². The van der Waals surface area contributed by atoms with Crippen molar-refractivity contribution in [2.45, 2.75) is 24.3 Å². The third kappa shape index (κ3) is 5.49. The first-order valence-electron chi connectivity index (χ1n) is 10.4. The maximum absolute atomic E-state index is 12.7. The number of benzene rings is 2. The third-order valence-electron chi connectivity index (χ3n) is 5.16. The average molecular weight is 469 g/mol. The van der Waals surface area contributed by atoms with Crippen molar-refractivity contribution in [1.29, 1.82) is 0 Å². The van der Waals surface area contributed by atoms with Gasteiger partial charge in [-0.3, -0.25) is 4.79 Å². The Kier molecular flexibility index (Phi) is 7.44. The summed E-state index contributed by atoms with van der Waals surface area (Å²) < 4.78 is 10.7. The topological polar surface area (TPSA) is 68.7 Å². The van der Waals surface area contributed by atoms with Crippen molar-refractivity contribution in [3.63, 3.8) is 0 Å². The van der Waals surface area contributed by atoms with E-state index in [1.54, 1.807) is 19.2 Å². The normalized spacial score (nSPS) is 13.2. The van der Waals surface area contributed by atoms with E-state index in [1.807, 2.05) is 46.7 Å². The molecule has 0 saturated carbocycles. The van der Waals surface area contributed by atoms with Crippen LogP contribution in [-0.2, 0) is 16.1 Å². The number of thioether (sulfide) groups is 1. The molecule has 1 fully saturated rings. The van der Waals surface area contributed by atoms with Gasteiger partial charge in [0.1, 0.15) is 17.4 Å². The number of amides is 1. The van der Waals surface area contributed by atoms with Crippen LogP contribution >= 0.6 is 23.1 Å². The van der Waals surface area contributed by atoms with Gasteiger partial charge in [0, 0.05) is 28.9 Å². The molecule has 2 heterocycles. The molecule has 0 spiro atoms. The molecule has 0 aliphatic carbocycles. The summed E-state index contributed by atoms with van der Waals surface area (Å²) in [6, 6.07) is 14.9. The van der Waals surface area contributed by atoms with Crippen molar-refractivity contribution >= 4 is 35.0 Å². The van der Waals surface area contributed by atoms with Crippen molar-refractivity contribution in [3.8, 4) is 16.3 Å². The van der Waals surface area contributed by atoms with E-state index in [2.05, 4.69) is 4.98 Å². The van der Waals surface area contributed by atoms with Gasteiger partial charge in [0.2, 0.25) is 5.91 Å². The smallest absolute Gasteiger partial charge is 0.339 e. The summed E-state index contributed by atoms with van der Waals surface area (Å²) in [6.45, 7) is 1.75. The molecule has 0 bridgehead atoms. The summed E-state index contributed by atoms with van der Waals surface area (Å²) >= 11 is 2.88. The molecule has 166 valence electrons. The molecular formula is C24H24N2O4S2. The molecule has 0 N–H and O–H groups in total. The van der Waals surface area contributed by atoms with Gasteiger partial charge in [-0.1, -0.05) is 12.1 Å². The molecule has 3 aromatic rings. The Balaban J connectivity index is 1.35. The molecule has 6 nitrogen and oxygen atoms in total. The number of ether oxygens (including phenoxy) is 2. The summed E-state index contributed by atoms with van der Waals surface area (Å²) in [5.41, 5.74) is 2.15. The highest BCUT2D eigenvalue weighted by atomic mass is 32.2. The van der Waals surface area contributed by atoms with Crippen LogP contribution in [0.25, 0.3) is 10.6 Å². The van der Waals surface area contributed by atoms with E-state index in [-0.39, 0.29) is 12.5 Å². The third-order valence-corrected chi connectivity index (χ3v) is 7.16. The lowest BCUT2D eigenvalue weighted by molar-refractivity contribution is -0.127. The van der Waals surface area contributed by atoms with Crippen LogP contribution in [0, 0.1) is 0 Å². The zero-order valence-corrected chi connectivity index (χ0v) is 19.4. The number of methoxy groups -OCH3 is 1. The fraction of sp³-hybridized carbons (Fsp3) is 0.292. The van der Waals surface area contributed by atoms with Crippen LogP contribution in [-0.4, -0.2) is 47.7 Å². The lowest BCUT2D eigenvalue weighted by atomic mass is 10.2. The number of esters is 1. The first kappa shape index (κ1) is 22.4. The first-order valence-corrected chi connectivity index (χ1v) is 12.3. The Morgan fingerprint density at radius 1 is 1.09 bits per heavy atom. The molecule has 1 aliphatic rings. The standard InChI is InChI=1S/C24H24N2O4S2/c1-29-19-10-8-17(9-11-19)23-25-18(15-32-23)14-30-24(28)20-6-2-3-7-21(20)31-16-22(27)26-12-4-5-13-26/h2-3,6-11,15H,4-5,12-14,16H2,1H3. The second-order valence-corrected chi connectivity index (χ2v) is 9.20. The number of likely N-dealkylation sites (tertiary alicyclic amines) is 1. The van der Waals surface area contributed by atoms with Crippen LogP contribution < -0.4 is 4.74 Å². The predicted molar refractivity (Wildman–Crippen MR) is 126 cm³/mol. The maximum atomic E-state index is 12.7. The van der Waals surface area contributed by atoms with Crippen molar-refractivity contribution < 1.29 is 19.1 Å². The lowest BCUT2D eigenvalue weighted by Gasteiger charge is -2.15. The molecule has 2 aromatic carbocycles. The minimum absolute atomic E-state index is 0.0944. The predicted octanol–water partition coefficient (Wildman–Crippen LogP) is 4.89. The number of carbonyl (C=O) groups excluding carboxylic acids is 2. The number of carbonyl (C=O) groups is 2. The van der Waals surface area contributed by atoms with Gasteiger partial charge >= 0.3 is 5.97 Å². The summed E-state index contributed by atoms with van der Waals surface area (Å²) in [5, 5.41) is 2.75. The fourth-order valence-electron chi connectivity index (χ4n) is 3.42. The van der Waals surface area contributed by atoms with Crippen LogP contribution in [0.15, 0.2) is 58.8 Å². The Morgan fingerprint density at radius 2 is 1.84 bits per heavy atom. The van der Waals surface area contributed by atoms with E-state index in [0.29, 0.717) is 17.0 Å². The molecule has 1 aromatic heterocycles. The maximum Gasteiger partial charge on any atom is 0.339 e. The van der Waals surface area contributed by atoms with Crippen LogP contribution in [0.2, 0.25) is 0 Å².